The summed E-state index contributed by atoms with van der Waals surface area (Å²) in [4.78, 5) is 14.2. The van der Waals surface area contributed by atoms with Crippen LogP contribution in [0.25, 0.3) is 0 Å². The maximum absolute atomic E-state index is 12.8. The van der Waals surface area contributed by atoms with Gasteiger partial charge in [-0.2, -0.15) is 4.39 Å². The normalized spacial score (nSPS) is 10.6. The van der Waals surface area contributed by atoms with Crippen LogP contribution >= 0.6 is 0 Å². The molecule has 0 atom stereocenters. The Hall–Kier alpha value is -1.59. The number of rotatable bonds is 4. The molecule has 0 aliphatic rings. The Morgan fingerprint density at radius 2 is 2.25 bits per heavy atom. The molecular weight excluding hydrogens is 223 g/mol. The van der Waals surface area contributed by atoms with Crippen LogP contribution < -0.4 is 0 Å². The van der Waals surface area contributed by atoms with Crippen LogP contribution in [0.15, 0.2) is 12.3 Å². The van der Waals surface area contributed by atoms with Gasteiger partial charge in [-0.1, -0.05) is 0 Å². The van der Waals surface area contributed by atoms with Crippen molar-refractivity contribution in [2.75, 3.05) is 6.61 Å². The van der Waals surface area contributed by atoms with Gasteiger partial charge in [0, 0.05) is 6.20 Å². The molecule has 0 amide bonds. The molecule has 0 aliphatic carbocycles. The van der Waals surface area contributed by atoms with Crippen molar-refractivity contribution in [1.29, 1.82) is 0 Å². The van der Waals surface area contributed by atoms with Crippen molar-refractivity contribution in [3.63, 3.8) is 0 Å². The predicted molar refractivity (Wildman–Crippen MR) is 49.5 cm³/mol. The van der Waals surface area contributed by atoms with Gasteiger partial charge in [-0.25, -0.2) is 13.8 Å². The zero-order valence-electron chi connectivity index (χ0n) is 8.54. The van der Waals surface area contributed by atoms with Gasteiger partial charge in [0.15, 0.2) is 0 Å². The Morgan fingerprint density at radius 3 is 2.81 bits per heavy atom. The highest BCUT2D eigenvalue weighted by atomic mass is 19.3. The minimum Gasteiger partial charge on any atom is -0.466 e. The van der Waals surface area contributed by atoms with E-state index in [1.807, 2.05) is 0 Å². The first kappa shape index (κ1) is 12.5. The van der Waals surface area contributed by atoms with Gasteiger partial charge in [0.1, 0.15) is 0 Å². The molecule has 0 bridgehead atoms. The maximum atomic E-state index is 12.8. The van der Waals surface area contributed by atoms with E-state index in [-0.39, 0.29) is 18.6 Å². The van der Waals surface area contributed by atoms with E-state index in [2.05, 4.69) is 9.72 Å². The summed E-state index contributed by atoms with van der Waals surface area (Å²) >= 11 is 0. The van der Waals surface area contributed by atoms with E-state index in [0.29, 0.717) is 0 Å². The first-order chi connectivity index (χ1) is 7.54. The lowest BCUT2D eigenvalue weighted by molar-refractivity contribution is -0.142. The minimum atomic E-state index is -2.95. The Kier molecular flexibility index (Phi) is 4.28. The maximum Gasteiger partial charge on any atom is 0.310 e. The first-order valence-corrected chi connectivity index (χ1v) is 4.62. The smallest absolute Gasteiger partial charge is 0.310 e. The van der Waals surface area contributed by atoms with Crippen molar-refractivity contribution < 1.29 is 22.7 Å². The standard InChI is InChI=1S/C10H10F3NO2/c1-2-16-8(15)4-6-3-7(9(11)12)10(13)14-5-6/h3,5,9H,2,4H2,1H3. The number of carbonyl (C=O) groups is 1. The number of hydrogen-bond donors (Lipinski definition) is 0. The number of ether oxygens (including phenoxy) is 1. The molecule has 3 nitrogen and oxygen atoms in total. The van der Waals surface area contributed by atoms with Crippen molar-refractivity contribution in [3.8, 4) is 0 Å². The topological polar surface area (TPSA) is 39.2 Å². The van der Waals surface area contributed by atoms with E-state index in [4.69, 9.17) is 0 Å². The Bertz CT molecular complexity index is 382. The molecule has 1 aromatic rings. The van der Waals surface area contributed by atoms with Gasteiger partial charge in [-0.05, 0) is 18.6 Å². The lowest BCUT2D eigenvalue weighted by Crippen LogP contribution is -2.08. The van der Waals surface area contributed by atoms with Crippen LogP contribution in [0, 0.1) is 5.95 Å². The molecule has 0 saturated carbocycles. The Balaban J connectivity index is 2.82. The third-order valence-corrected chi connectivity index (χ3v) is 1.81. The molecule has 0 radical (unpaired) electrons. The van der Waals surface area contributed by atoms with Crippen molar-refractivity contribution in [2.24, 2.45) is 0 Å². The SMILES string of the molecule is CCOC(=O)Cc1cnc(F)c(C(F)F)c1. The van der Waals surface area contributed by atoms with Gasteiger partial charge in [0.2, 0.25) is 5.95 Å². The highest BCUT2D eigenvalue weighted by Crippen LogP contribution is 2.21. The Labute approximate surface area is 90.2 Å². The molecule has 0 fully saturated rings. The average Bonchev–Trinajstić information content (AvgIpc) is 2.21. The quantitative estimate of drug-likeness (QED) is 0.591. The van der Waals surface area contributed by atoms with E-state index in [1.54, 1.807) is 6.92 Å². The van der Waals surface area contributed by atoms with E-state index < -0.39 is 23.9 Å². The summed E-state index contributed by atoms with van der Waals surface area (Å²) in [5, 5.41) is 0. The van der Waals surface area contributed by atoms with Crippen LogP contribution in [0.2, 0.25) is 0 Å². The number of halogens is 3. The molecule has 1 heterocycles. The van der Waals surface area contributed by atoms with Gasteiger partial charge in [-0.3, -0.25) is 4.79 Å². The van der Waals surface area contributed by atoms with Gasteiger partial charge in [0.05, 0.1) is 18.6 Å². The van der Waals surface area contributed by atoms with E-state index >= 15 is 0 Å². The second-order valence-corrected chi connectivity index (χ2v) is 3.01. The van der Waals surface area contributed by atoms with Crippen LogP contribution in [0.1, 0.15) is 24.5 Å². The lowest BCUT2D eigenvalue weighted by atomic mass is 10.1. The zero-order valence-corrected chi connectivity index (χ0v) is 8.54. The average molecular weight is 233 g/mol. The van der Waals surface area contributed by atoms with Crippen LogP contribution in [0.4, 0.5) is 13.2 Å². The van der Waals surface area contributed by atoms with Crippen LogP contribution in [-0.4, -0.2) is 17.6 Å². The van der Waals surface area contributed by atoms with Crippen LogP contribution in [0.5, 0.6) is 0 Å². The van der Waals surface area contributed by atoms with Gasteiger partial charge < -0.3 is 4.74 Å². The summed E-state index contributed by atoms with van der Waals surface area (Å²) in [6.07, 6.45) is -2.10. The van der Waals surface area contributed by atoms with Crippen LogP contribution in [-0.2, 0) is 16.0 Å². The summed E-state index contributed by atoms with van der Waals surface area (Å²) in [6, 6.07) is 0.921. The number of carbonyl (C=O) groups excluding carboxylic acids is 1. The fraction of sp³-hybridized carbons (Fsp3) is 0.400. The lowest BCUT2D eigenvalue weighted by Gasteiger charge is -2.05. The van der Waals surface area contributed by atoms with Crippen molar-refractivity contribution in [3.05, 3.63) is 29.3 Å². The monoisotopic (exact) mass is 233 g/mol. The van der Waals surface area contributed by atoms with Crippen molar-refractivity contribution in [1.82, 2.24) is 4.98 Å². The number of pyridine rings is 1. The van der Waals surface area contributed by atoms with Gasteiger partial charge in [0.25, 0.3) is 6.43 Å². The number of alkyl halides is 2. The van der Waals surface area contributed by atoms with Crippen molar-refractivity contribution >= 4 is 5.97 Å². The molecule has 1 aromatic heterocycles. The third kappa shape index (κ3) is 3.22. The Morgan fingerprint density at radius 1 is 1.56 bits per heavy atom. The fourth-order valence-corrected chi connectivity index (χ4v) is 1.14. The minimum absolute atomic E-state index is 0.194. The molecule has 0 N–H and O–H groups in total. The third-order valence-electron chi connectivity index (χ3n) is 1.81. The molecule has 0 aromatic carbocycles. The van der Waals surface area contributed by atoms with Crippen molar-refractivity contribution in [2.45, 2.75) is 19.8 Å². The summed E-state index contributed by atoms with van der Waals surface area (Å²) < 4.78 is 42.0. The molecule has 6 heteroatoms. The summed E-state index contributed by atoms with van der Waals surface area (Å²) in [5.41, 5.74) is -0.600. The number of esters is 1. The highest BCUT2D eigenvalue weighted by Gasteiger charge is 2.16. The van der Waals surface area contributed by atoms with E-state index in [0.717, 1.165) is 12.3 Å². The van der Waals surface area contributed by atoms with E-state index in [1.165, 1.54) is 0 Å². The molecule has 16 heavy (non-hydrogen) atoms. The molecule has 0 saturated heterocycles. The fourth-order valence-electron chi connectivity index (χ4n) is 1.14. The summed E-state index contributed by atoms with van der Waals surface area (Å²) in [5.74, 6) is -1.78. The first-order valence-electron chi connectivity index (χ1n) is 4.62. The zero-order chi connectivity index (χ0) is 12.1. The molecule has 0 unspecified atom stereocenters. The predicted octanol–water partition coefficient (Wildman–Crippen LogP) is 2.26. The molecule has 0 spiro atoms. The highest BCUT2D eigenvalue weighted by molar-refractivity contribution is 5.72. The molecule has 0 aliphatic heterocycles. The van der Waals surface area contributed by atoms with E-state index in [9.17, 15) is 18.0 Å². The number of nitrogens with zero attached hydrogens (tertiary/aromatic N) is 1. The number of hydrogen-bond acceptors (Lipinski definition) is 3. The summed E-state index contributed by atoms with van der Waals surface area (Å²) in [7, 11) is 0. The molecule has 88 valence electrons. The van der Waals surface area contributed by atoms with Crippen LogP contribution in [0.3, 0.4) is 0 Å². The summed E-state index contributed by atoms with van der Waals surface area (Å²) in [6.45, 7) is 1.83. The second-order valence-electron chi connectivity index (χ2n) is 3.01. The second kappa shape index (κ2) is 5.48. The number of aromatic nitrogens is 1. The molecule has 1 rings (SSSR count). The molecular formula is C10H10F3NO2. The largest absolute Gasteiger partial charge is 0.466 e. The van der Waals surface area contributed by atoms with Gasteiger partial charge in [-0.15, -0.1) is 0 Å². The van der Waals surface area contributed by atoms with Gasteiger partial charge >= 0.3 is 5.97 Å².